The van der Waals surface area contributed by atoms with Crippen molar-refractivity contribution in [1.29, 1.82) is 5.26 Å². The molecule has 0 saturated carbocycles. The molecule has 0 radical (unpaired) electrons. The zero-order chi connectivity index (χ0) is 18.8. The van der Waals surface area contributed by atoms with Crippen molar-refractivity contribution in [1.82, 2.24) is 14.8 Å². The Morgan fingerprint density at radius 1 is 1.33 bits per heavy atom. The first-order valence-corrected chi connectivity index (χ1v) is 8.67. The maximum Gasteiger partial charge on any atom is 0.387 e. The van der Waals surface area contributed by atoms with Crippen LogP contribution in [-0.2, 0) is 0 Å². The molecule has 3 heterocycles. The Morgan fingerprint density at radius 3 is 2.96 bits per heavy atom. The van der Waals surface area contributed by atoms with Gasteiger partial charge in [0.05, 0.1) is 22.8 Å². The molecule has 3 aromatic rings. The lowest BCUT2D eigenvalue weighted by molar-refractivity contribution is -0.0497. The van der Waals surface area contributed by atoms with Gasteiger partial charge < -0.3 is 9.64 Å². The highest BCUT2D eigenvalue weighted by molar-refractivity contribution is 5.95. The summed E-state index contributed by atoms with van der Waals surface area (Å²) < 4.78 is 31.7. The zero-order valence-corrected chi connectivity index (χ0v) is 14.4. The van der Waals surface area contributed by atoms with Crippen LogP contribution in [0.4, 0.5) is 14.5 Å². The number of aromatic nitrogens is 3. The van der Waals surface area contributed by atoms with Gasteiger partial charge in [0.1, 0.15) is 11.8 Å². The minimum atomic E-state index is -2.91. The van der Waals surface area contributed by atoms with Crippen molar-refractivity contribution in [3.8, 4) is 11.8 Å². The molecule has 1 aliphatic rings. The van der Waals surface area contributed by atoms with Gasteiger partial charge in [-0.3, -0.25) is 9.67 Å². The summed E-state index contributed by atoms with van der Waals surface area (Å²) in [5.41, 5.74) is 1.75. The molecular weight excluding hydrogens is 352 g/mol. The Kier molecular flexibility index (Phi) is 4.59. The van der Waals surface area contributed by atoms with E-state index in [9.17, 15) is 14.0 Å². The quantitative estimate of drug-likeness (QED) is 0.701. The second kappa shape index (κ2) is 7.19. The molecule has 0 amide bonds. The van der Waals surface area contributed by atoms with Gasteiger partial charge in [0.25, 0.3) is 0 Å². The summed E-state index contributed by atoms with van der Waals surface area (Å²) in [5, 5.41) is 14.5. The van der Waals surface area contributed by atoms with E-state index >= 15 is 0 Å². The lowest BCUT2D eigenvalue weighted by Crippen LogP contribution is -2.37. The smallest absolute Gasteiger partial charge is 0.387 e. The molecule has 1 unspecified atom stereocenters. The van der Waals surface area contributed by atoms with Crippen LogP contribution < -0.4 is 9.64 Å². The van der Waals surface area contributed by atoms with Crippen LogP contribution in [0.1, 0.15) is 24.4 Å². The molecule has 0 spiro atoms. The van der Waals surface area contributed by atoms with Gasteiger partial charge in [-0.2, -0.15) is 19.1 Å². The number of benzene rings is 1. The van der Waals surface area contributed by atoms with Gasteiger partial charge in [0.2, 0.25) is 0 Å². The minimum Gasteiger partial charge on any atom is -0.435 e. The van der Waals surface area contributed by atoms with Gasteiger partial charge >= 0.3 is 6.61 Å². The fourth-order valence-electron chi connectivity index (χ4n) is 3.63. The number of anilines is 1. The van der Waals surface area contributed by atoms with Crippen LogP contribution in [0.15, 0.2) is 42.9 Å². The number of fused-ring (bicyclic) bond motifs is 1. The number of nitrogens with zero attached hydrogens (tertiary/aromatic N) is 5. The molecular formula is C19H17F2N5O. The number of hydrogen-bond donors (Lipinski definition) is 0. The largest absolute Gasteiger partial charge is 0.435 e. The number of hydrogen-bond acceptors (Lipinski definition) is 5. The fraction of sp³-hybridized carbons (Fsp3) is 0.316. The molecule has 0 bridgehead atoms. The highest BCUT2D eigenvalue weighted by Gasteiger charge is 2.25. The minimum absolute atomic E-state index is 0.0521. The predicted molar refractivity (Wildman–Crippen MR) is 95.8 cm³/mol. The Morgan fingerprint density at radius 2 is 2.22 bits per heavy atom. The van der Waals surface area contributed by atoms with Crippen molar-refractivity contribution >= 4 is 16.6 Å². The monoisotopic (exact) mass is 369 g/mol. The number of alkyl halides is 2. The van der Waals surface area contributed by atoms with Crippen LogP contribution >= 0.6 is 0 Å². The van der Waals surface area contributed by atoms with Crippen molar-refractivity contribution in [2.75, 3.05) is 18.0 Å². The predicted octanol–water partition coefficient (Wildman–Crippen LogP) is 3.75. The molecule has 1 aromatic carbocycles. The molecule has 1 atom stereocenters. The van der Waals surface area contributed by atoms with Gasteiger partial charge in [-0.05, 0) is 37.1 Å². The van der Waals surface area contributed by atoms with Crippen LogP contribution in [0.25, 0.3) is 10.9 Å². The summed E-state index contributed by atoms with van der Waals surface area (Å²) in [6.45, 7) is -1.46. The number of pyridine rings is 1. The van der Waals surface area contributed by atoms with Crippen molar-refractivity contribution in [3.63, 3.8) is 0 Å². The number of nitriles is 1. The van der Waals surface area contributed by atoms with Gasteiger partial charge in [-0.1, -0.05) is 0 Å². The first-order valence-electron chi connectivity index (χ1n) is 8.67. The Bertz CT molecular complexity index is 984. The van der Waals surface area contributed by atoms with Crippen molar-refractivity contribution in [3.05, 3.63) is 48.4 Å². The number of halogens is 2. The molecule has 8 heteroatoms. The van der Waals surface area contributed by atoms with E-state index in [1.165, 1.54) is 18.3 Å². The van der Waals surface area contributed by atoms with Gasteiger partial charge in [-0.25, -0.2) is 0 Å². The Labute approximate surface area is 154 Å². The second-order valence-corrected chi connectivity index (χ2v) is 6.42. The van der Waals surface area contributed by atoms with E-state index < -0.39 is 6.61 Å². The van der Waals surface area contributed by atoms with Crippen LogP contribution in [0.3, 0.4) is 0 Å². The average Bonchev–Trinajstić information content (AvgIpc) is 3.21. The van der Waals surface area contributed by atoms with Gasteiger partial charge in [0.15, 0.2) is 0 Å². The molecule has 6 nitrogen and oxygen atoms in total. The van der Waals surface area contributed by atoms with E-state index in [1.807, 2.05) is 16.9 Å². The van der Waals surface area contributed by atoms with Crippen LogP contribution in [0.5, 0.6) is 5.75 Å². The van der Waals surface area contributed by atoms with E-state index in [0.29, 0.717) is 28.7 Å². The first kappa shape index (κ1) is 17.2. The molecule has 0 N–H and O–H groups in total. The van der Waals surface area contributed by atoms with Crippen LogP contribution in [0, 0.1) is 11.3 Å². The van der Waals surface area contributed by atoms with Gasteiger partial charge in [-0.15, -0.1) is 0 Å². The molecule has 4 rings (SSSR count). The lowest BCUT2D eigenvalue weighted by Gasteiger charge is -2.35. The maximum absolute atomic E-state index is 12.6. The van der Waals surface area contributed by atoms with Crippen molar-refractivity contribution in [2.24, 2.45) is 0 Å². The Hall–Kier alpha value is -3.21. The first-order chi connectivity index (χ1) is 13.2. The van der Waals surface area contributed by atoms with E-state index in [0.717, 1.165) is 19.4 Å². The van der Waals surface area contributed by atoms with Crippen LogP contribution in [0.2, 0.25) is 0 Å². The second-order valence-electron chi connectivity index (χ2n) is 6.42. The zero-order valence-electron chi connectivity index (χ0n) is 14.4. The third-order valence-electron chi connectivity index (χ3n) is 4.77. The summed E-state index contributed by atoms with van der Waals surface area (Å²) in [5.74, 6) is 0.0521. The normalized spacial score (nSPS) is 17.3. The van der Waals surface area contributed by atoms with E-state index in [-0.39, 0.29) is 11.8 Å². The molecule has 0 aliphatic carbocycles. The molecule has 1 aliphatic heterocycles. The highest BCUT2D eigenvalue weighted by atomic mass is 19.3. The third-order valence-corrected chi connectivity index (χ3v) is 4.77. The number of rotatable bonds is 4. The summed E-state index contributed by atoms with van der Waals surface area (Å²) in [6, 6.07) is 8.87. The molecule has 27 heavy (non-hydrogen) atoms. The maximum atomic E-state index is 12.6. The fourth-order valence-corrected chi connectivity index (χ4v) is 3.63. The number of ether oxygens (including phenoxy) is 1. The van der Waals surface area contributed by atoms with Crippen LogP contribution in [-0.4, -0.2) is 34.5 Å². The summed E-state index contributed by atoms with van der Waals surface area (Å²) in [7, 11) is 0. The molecule has 2 aromatic heterocycles. The standard InChI is InChI=1S/C19H17F2N5O/c20-19(21)27-15-4-5-17-16(9-15)18(13(10-22)11-23-17)25-7-1-3-14(12-25)26-8-2-6-24-26/h2,4-6,8-9,11,14,19H,1,3,7,12H2. The number of piperidine rings is 1. The SMILES string of the molecule is N#Cc1cnc2ccc(OC(F)F)cc2c1N1CCCC(n2cccn2)C1. The molecule has 1 fully saturated rings. The molecule has 138 valence electrons. The summed E-state index contributed by atoms with van der Waals surface area (Å²) >= 11 is 0. The Balaban J connectivity index is 1.77. The van der Waals surface area contributed by atoms with E-state index in [2.05, 4.69) is 25.8 Å². The lowest BCUT2D eigenvalue weighted by atomic mass is 10.0. The summed E-state index contributed by atoms with van der Waals surface area (Å²) in [6.07, 6.45) is 7.13. The summed E-state index contributed by atoms with van der Waals surface area (Å²) in [4.78, 5) is 6.40. The van der Waals surface area contributed by atoms with E-state index in [1.54, 1.807) is 12.3 Å². The van der Waals surface area contributed by atoms with Crippen molar-refractivity contribution < 1.29 is 13.5 Å². The van der Waals surface area contributed by atoms with Gasteiger partial charge in [0, 0.05) is 37.1 Å². The van der Waals surface area contributed by atoms with Crippen molar-refractivity contribution in [2.45, 2.75) is 25.5 Å². The third kappa shape index (κ3) is 3.40. The van der Waals surface area contributed by atoms with E-state index in [4.69, 9.17) is 0 Å². The topological polar surface area (TPSA) is 67.0 Å². The average molecular weight is 369 g/mol. The highest BCUT2D eigenvalue weighted by Crippen LogP contribution is 2.35. The molecule has 1 saturated heterocycles.